The van der Waals surface area contributed by atoms with E-state index in [2.05, 4.69) is 4.98 Å². The summed E-state index contributed by atoms with van der Waals surface area (Å²) in [5.41, 5.74) is 4.27. The van der Waals surface area contributed by atoms with Gasteiger partial charge < -0.3 is 19.5 Å². The second kappa shape index (κ2) is 7.23. The number of nitrogens with zero attached hydrogens (tertiary/aromatic N) is 2. The summed E-state index contributed by atoms with van der Waals surface area (Å²) in [6, 6.07) is 3.67. The molecule has 1 aromatic heterocycles. The van der Waals surface area contributed by atoms with Crippen molar-refractivity contribution in [1.82, 2.24) is 14.8 Å². The van der Waals surface area contributed by atoms with Gasteiger partial charge in [-0.05, 0) is 49.6 Å². The summed E-state index contributed by atoms with van der Waals surface area (Å²) in [7, 11) is 1.65. The SMILES string of the molecule is COc1c(C)cc(C(=O)N2CCN(C(=O)c3cc[nH]c3)CC2)c(C)c1C. The molecule has 1 aliphatic heterocycles. The average molecular weight is 355 g/mol. The Balaban J connectivity index is 1.72. The first kappa shape index (κ1) is 18.0. The number of hydrogen-bond acceptors (Lipinski definition) is 3. The van der Waals surface area contributed by atoms with Crippen LogP contribution in [-0.2, 0) is 0 Å². The smallest absolute Gasteiger partial charge is 0.255 e. The minimum absolute atomic E-state index is 0.00525. The molecule has 0 bridgehead atoms. The van der Waals surface area contributed by atoms with E-state index in [9.17, 15) is 9.59 Å². The van der Waals surface area contributed by atoms with Crippen LogP contribution in [0.4, 0.5) is 0 Å². The summed E-state index contributed by atoms with van der Waals surface area (Å²) in [6.45, 7) is 8.06. The number of aromatic amines is 1. The number of ether oxygens (including phenoxy) is 1. The molecule has 0 unspecified atom stereocenters. The van der Waals surface area contributed by atoms with Gasteiger partial charge in [0.15, 0.2) is 0 Å². The predicted octanol–water partition coefficient (Wildman–Crippen LogP) is 2.55. The van der Waals surface area contributed by atoms with Crippen LogP contribution in [0, 0.1) is 20.8 Å². The number of benzene rings is 1. The molecule has 0 spiro atoms. The quantitative estimate of drug-likeness (QED) is 0.920. The molecular formula is C20H25N3O3. The Hall–Kier alpha value is -2.76. The maximum absolute atomic E-state index is 13.0. The highest BCUT2D eigenvalue weighted by molar-refractivity contribution is 5.97. The lowest BCUT2D eigenvalue weighted by Crippen LogP contribution is -2.50. The predicted molar refractivity (Wildman–Crippen MR) is 99.8 cm³/mol. The van der Waals surface area contributed by atoms with Gasteiger partial charge in [-0.1, -0.05) is 0 Å². The molecular weight excluding hydrogens is 330 g/mol. The average Bonchev–Trinajstić information content (AvgIpc) is 3.19. The van der Waals surface area contributed by atoms with Crippen LogP contribution in [-0.4, -0.2) is 59.9 Å². The van der Waals surface area contributed by atoms with Crippen molar-refractivity contribution >= 4 is 11.8 Å². The summed E-state index contributed by atoms with van der Waals surface area (Å²) < 4.78 is 5.44. The standard InChI is InChI=1S/C20H25N3O3/c1-13-11-17(14(2)15(3)18(13)26-4)20(25)23-9-7-22(8-10-23)19(24)16-5-6-21-12-16/h5-6,11-12,21H,7-10H2,1-4H3. The van der Waals surface area contributed by atoms with Gasteiger partial charge in [0, 0.05) is 44.1 Å². The molecule has 0 saturated carbocycles. The van der Waals surface area contributed by atoms with E-state index in [4.69, 9.17) is 4.74 Å². The summed E-state index contributed by atoms with van der Waals surface area (Å²) in [6.07, 6.45) is 3.44. The van der Waals surface area contributed by atoms with Crippen molar-refractivity contribution in [3.05, 3.63) is 52.3 Å². The van der Waals surface area contributed by atoms with Crippen molar-refractivity contribution in [1.29, 1.82) is 0 Å². The molecule has 1 N–H and O–H groups in total. The van der Waals surface area contributed by atoms with E-state index in [0.29, 0.717) is 37.3 Å². The van der Waals surface area contributed by atoms with E-state index in [1.54, 1.807) is 30.5 Å². The Bertz CT molecular complexity index is 819. The molecule has 6 nitrogen and oxygen atoms in total. The summed E-state index contributed by atoms with van der Waals surface area (Å²) >= 11 is 0. The Labute approximate surface area is 153 Å². The third-order valence-electron chi connectivity index (χ3n) is 5.16. The molecule has 0 aliphatic carbocycles. The molecule has 2 aromatic rings. The summed E-state index contributed by atoms with van der Waals surface area (Å²) in [4.78, 5) is 31.9. The first-order valence-electron chi connectivity index (χ1n) is 8.80. The number of rotatable bonds is 3. The van der Waals surface area contributed by atoms with Crippen LogP contribution in [0.2, 0.25) is 0 Å². The molecule has 2 amide bonds. The summed E-state index contributed by atoms with van der Waals surface area (Å²) in [5, 5.41) is 0. The lowest BCUT2D eigenvalue weighted by Gasteiger charge is -2.35. The topological polar surface area (TPSA) is 65.6 Å². The summed E-state index contributed by atoms with van der Waals surface area (Å²) in [5.74, 6) is 0.858. The molecule has 2 heterocycles. The van der Waals surface area contributed by atoms with E-state index in [-0.39, 0.29) is 11.8 Å². The van der Waals surface area contributed by atoms with Gasteiger partial charge in [0.2, 0.25) is 0 Å². The van der Waals surface area contributed by atoms with Gasteiger partial charge in [-0.25, -0.2) is 0 Å². The van der Waals surface area contributed by atoms with Crippen LogP contribution in [0.25, 0.3) is 0 Å². The third-order valence-corrected chi connectivity index (χ3v) is 5.16. The Morgan fingerprint density at radius 2 is 1.62 bits per heavy atom. The molecule has 138 valence electrons. The van der Waals surface area contributed by atoms with E-state index in [1.165, 1.54) is 0 Å². The first-order valence-corrected chi connectivity index (χ1v) is 8.80. The van der Waals surface area contributed by atoms with Gasteiger partial charge in [-0.2, -0.15) is 0 Å². The highest BCUT2D eigenvalue weighted by Crippen LogP contribution is 2.29. The van der Waals surface area contributed by atoms with E-state index in [0.717, 1.165) is 22.4 Å². The number of methoxy groups -OCH3 is 1. The van der Waals surface area contributed by atoms with Crippen LogP contribution in [0.3, 0.4) is 0 Å². The third kappa shape index (κ3) is 3.19. The first-order chi connectivity index (χ1) is 12.4. The van der Waals surface area contributed by atoms with Gasteiger partial charge in [0.1, 0.15) is 5.75 Å². The Morgan fingerprint density at radius 1 is 1.00 bits per heavy atom. The lowest BCUT2D eigenvalue weighted by molar-refractivity contribution is 0.0535. The zero-order valence-electron chi connectivity index (χ0n) is 15.8. The second-order valence-corrected chi connectivity index (χ2v) is 6.71. The largest absolute Gasteiger partial charge is 0.496 e. The van der Waals surface area contributed by atoms with Crippen LogP contribution in [0.15, 0.2) is 24.5 Å². The Kier molecular flexibility index (Phi) is 5.02. The van der Waals surface area contributed by atoms with Crippen molar-refractivity contribution in [2.45, 2.75) is 20.8 Å². The highest BCUT2D eigenvalue weighted by Gasteiger charge is 2.27. The van der Waals surface area contributed by atoms with Crippen LogP contribution in [0.1, 0.15) is 37.4 Å². The minimum Gasteiger partial charge on any atom is -0.496 e. The fourth-order valence-corrected chi connectivity index (χ4v) is 3.52. The van der Waals surface area contributed by atoms with E-state index in [1.807, 2.05) is 31.7 Å². The number of carbonyl (C=O) groups is 2. The van der Waals surface area contributed by atoms with Crippen molar-refractivity contribution < 1.29 is 14.3 Å². The van der Waals surface area contributed by atoms with Crippen LogP contribution >= 0.6 is 0 Å². The zero-order chi connectivity index (χ0) is 18.8. The van der Waals surface area contributed by atoms with E-state index < -0.39 is 0 Å². The van der Waals surface area contributed by atoms with Gasteiger partial charge in [0.05, 0.1) is 12.7 Å². The van der Waals surface area contributed by atoms with Gasteiger partial charge in [-0.15, -0.1) is 0 Å². The Morgan fingerprint density at radius 3 is 2.15 bits per heavy atom. The number of hydrogen-bond donors (Lipinski definition) is 1. The fraction of sp³-hybridized carbons (Fsp3) is 0.400. The molecule has 1 aliphatic rings. The zero-order valence-corrected chi connectivity index (χ0v) is 15.8. The minimum atomic E-state index is 0.00525. The van der Waals surface area contributed by atoms with Crippen molar-refractivity contribution in [2.75, 3.05) is 33.3 Å². The number of amides is 2. The monoisotopic (exact) mass is 355 g/mol. The van der Waals surface area contributed by atoms with Crippen molar-refractivity contribution in [2.24, 2.45) is 0 Å². The van der Waals surface area contributed by atoms with Crippen molar-refractivity contribution in [3.8, 4) is 5.75 Å². The number of aryl methyl sites for hydroxylation is 1. The van der Waals surface area contributed by atoms with Gasteiger partial charge in [0.25, 0.3) is 11.8 Å². The molecule has 3 rings (SSSR count). The fourth-order valence-electron chi connectivity index (χ4n) is 3.52. The second-order valence-electron chi connectivity index (χ2n) is 6.71. The van der Waals surface area contributed by atoms with Crippen molar-refractivity contribution in [3.63, 3.8) is 0 Å². The molecule has 1 saturated heterocycles. The maximum atomic E-state index is 13.0. The number of piperazine rings is 1. The van der Waals surface area contributed by atoms with Crippen LogP contribution < -0.4 is 4.74 Å². The molecule has 1 fully saturated rings. The number of carbonyl (C=O) groups excluding carboxylic acids is 2. The molecule has 26 heavy (non-hydrogen) atoms. The van der Waals surface area contributed by atoms with Gasteiger partial charge in [-0.3, -0.25) is 9.59 Å². The molecule has 1 aromatic carbocycles. The van der Waals surface area contributed by atoms with Gasteiger partial charge >= 0.3 is 0 Å². The maximum Gasteiger partial charge on any atom is 0.255 e. The number of aromatic nitrogens is 1. The molecule has 6 heteroatoms. The number of nitrogens with one attached hydrogen (secondary N) is 1. The lowest BCUT2D eigenvalue weighted by atomic mass is 9.97. The van der Waals surface area contributed by atoms with E-state index >= 15 is 0 Å². The highest BCUT2D eigenvalue weighted by atomic mass is 16.5. The number of H-pyrrole nitrogens is 1. The molecule has 0 atom stereocenters. The normalized spacial score (nSPS) is 14.5. The molecule has 0 radical (unpaired) electrons. The van der Waals surface area contributed by atoms with Crippen LogP contribution in [0.5, 0.6) is 5.75 Å².